The van der Waals surface area contributed by atoms with Crippen molar-refractivity contribution in [3.63, 3.8) is 0 Å². The van der Waals surface area contributed by atoms with Gasteiger partial charge in [-0.25, -0.2) is 4.98 Å². The molecule has 0 saturated carbocycles. The molecule has 2 aliphatic rings. The first-order valence-electron chi connectivity index (χ1n) is 9.50. The Bertz CT molecular complexity index is 977. The van der Waals surface area contributed by atoms with Crippen molar-refractivity contribution in [1.29, 1.82) is 0 Å². The number of amides is 1. The molecule has 0 spiro atoms. The van der Waals surface area contributed by atoms with Gasteiger partial charge in [0.1, 0.15) is 10.7 Å². The molecule has 4 heterocycles. The molecule has 0 bridgehead atoms. The molecule has 0 N–H and O–H groups in total. The van der Waals surface area contributed by atoms with Crippen molar-refractivity contribution in [2.75, 3.05) is 19.7 Å². The summed E-state index contributed by atoms with van der Waals surface area (Å²) in [7, 11) is 0. The van der Waals surface area contributed by atoms with Crippen molar-refractivity contribution in [1.82, 2.24) is 14.5 Å². The summed E-state index contributed by atoms with van der Waals surface area (Å²) in [4.78, 5) is 45.5. The number of carbonyl (C=O) groups is 2. The maximum Gasteiger partial charge on any atom is 0.310 e. The Morgan fingerprint density at radius 1 is 1.30 bits per heavy atom. The van der Waals surface area contributed by atoms with Crippen molar-refractivity contribution in [3.05, 3.63) is 26.6 Å². The van der Waals surface area contributed by atoms with Gasteiger partial charge in [0.05, 0.1) is 22.8 Å². The molecule has 0 radical (unpaired) electrons. The lowest BCUT2D eigenvalue weighted by Crippen LogP contribution is -2.42. The molecule has 27 heavy (non-hydrogen) atoms. The van der Waals surface area contributed by atoms with Gasteiger partial charge >= 0.3 is 5.97 Å². The molecule has 1 atom stereocenters. The van der Waals surface area contributed by atoms with Crippen LogP contribution in [0.3, 0.4) is 0 Å². The number of hydrogen-bond acceptors (Lipinski definition) is 6. The normalized spacial score (nSPS) is 19.3. The van der Waals surface area contributed by atoms with Gasteiger partial charge in [-0.1, -0.05) is 0 Å². The van der Waals surface area contributed by atoms with Crippen LogP contribution in [0, 0.1) is 12.8 Å². The molecule has 0 aromatic carbocycles. The highest BCUT2D eigenvalue weighted by Gasteiger charge is 2.32. The largest absolute Gasteiger partial charge is 0.466 e. The van der Waals surface area contributed by atoms with Crippen LogP contribution in [0.15, 0.2) is 4.79 Å². The maximum atomic E-state index is 13.1. The van der Waals surface area contributed by atoms with E-state index in [1.807, 2.05) is 6.92 Å². The second-order valence-corrected chi connectivity index (χ2v) is 8.17. The van der Waals surface area contributed by atoms with Crippen LogP contribution in [-0.4, -0.2) is 46.0 Å². The number of hydrogen-bond donors (Lipinski definition) is 0. The van der Waals surface area contributed by atoms with E-state index in [2.05, 4.69) is 4.98 Å². The van der Waals surface area contributed by atoms with E-state index in [0.29, 0.717) is 46.9 Å². The van der Waals surface area contributed by atoms with E-state index < -0.39 is 0 Å². The molecule has 0 aliphatic carbocycles. The lowest BCUT2D eigenvalue weighted by Gasteiger charge is -2.31. The number of aromatic nitrogens is 2. The number of aryl methyl sites for hydroxylation is 2. The van der Waals surface area contributed by atoms with Gasteiger partial charge in [-0.15, -0.1) is 11.3 Å². The lowest BCUT2D eigenvalue weighted by molar-refractivity contribution is -0.149. The fraction of sp³-hybridized carbons (Fsp3) is 0.579. The number of ether oxygens (including phenoxy) is 1. The van der Waals surface area contributed by atoms with E-state index in [9.17, 15) is 14.4 Å². The van der Waals surface area contributed by atoms with E-state index in [1.54, 1.807) is 16.4 Å². The molecule has 144 valence electrons. The fourth-order valence-corrected chi connectivity index (χ4v) is 5.20. The SMILES string of the molecule is CCOC(=O)[C@@H]1CCCN(C(=O)c2sc3nc4n(c(=O)c3c2C)CCC4)C1. The van der Waals surface area contributed by atoms with Gasteiger partial charge in [-0.3, -0.25) is 19.0 Å². The average molecular weight is 389 g/mol. The Hall–Kier alpha value is -2.22. The number of nitrogens with zero attached hydrogens (tertiary/aromatic N) is 3. The summed E-state index contributed by atoms with van der Waals surface area (Å²) in [5.41, 5.74) is 0.668. The highest BCUT2D eigenvalue weighted by Crippen LogP contribution is 2.31. The highest BCUT2D eigenvalue weighted by atomic mass is 32.1. The molecular weight excluding hydrogens is 366 g/mol. The van der Waals surface area contributed by atoms with E-state index in [0.717, 1.165) is 31.5 Å². The van der Waals surface area contributed by atoms with Crippen molar-refractivity contribution in [2.24, 2.45) is 5.92 Å². The summed E-state index contributed by atoms with van der Waals surface area (Å²) < 4.78 is 6.85. The third-order valence-electron chi connectivity index (χ3n) is 5.43. The zero-order valence-electron chi connectivity index (χ0n) is 15.6. The van der Waals surface area contributed by atoms with Crippen LogP contribution < -0.4 is 5.56 Å². The second-order valence-electron chi connectivity index (χ2n) is 7.17. The first-order valence-corrected chi connectivity index (χ1v) is 10.3. The standard InChI is InChI=1S/C19H23N3O4S/c1-3-26-19(25)12-6-4-8-21(10-12)18(24)15-11(2)14-16(27-15)20-13-7-5-9-22(13)17(14)23/h12H,3-10H2,1-2H3/t12-/m1/s1. The maximum absolute atomic E-state index is 13.1. The van der Waals surface area contributed by atoms with Crippen LogP contribution in [0.2, 0.25) is 0 Å². The van der Waals surface area contributed by atoms with Crippen LogP contribution >= 0.6 is 11.3 Å². The predicted octanol–water partition coefficient (Wildman–Crippen LogP) is 2.13. The Labute approximate surface area is 160 Å². The summed E-state index contributed by atoms with van der Waals surface area (Å²) in [5, 5.41) is 0.563. The second kappa shape index (κ2) is 7.07. The minimum absolute atomic E-state index is 0.0386. The van der Waals surface area contributed by atoms with E-state index in [1.165, 1.54) is 11.3 Å². The molecular formula is C19H23N3O4S. The fourth-order valence-electron chi connectivity index (χ4n) is 4.04. The monoisotopic (exact) mass is 389 g/mol. The average Bonchev–Trinajstić information content (AvgIpc) is 3.26. The van der Waals surface area contributed by atoms with Crippen LogP contribution in [-0.2, 0) is 22.5 Å². The number of carbonyl (C=O) groups excluding carboxylic acids is 2. The topological polar surface area (TPSA) is 81.5 Å². The molecule has 1 fully saturated rings. The molecule has 0 unspecified atom stereocenters. The van der Waals surface area contributed by atoms with Gasteiger partial charge < -0.3 is 9.64 Å². The zero-order valence-corrected chi connectivity index (χ0v) is 16.4. The van der Waals surface area contributed by atoms with Crippen molar-refractivity contribution >= 4 is 33.4 Å². The smallest absolute Gasteiger partial charge is 0.310 e. The van der Waals surface area contributed by atoms with E-state index in [4.69, 9.17) is 4.74 Å². The predicted molar refractivity (Wildman–Crippen MR) is 102 cm³/mol. The third-order valence-corrected chi connectivity index (χ3v) is 6.61. The van der Waals surface area contributed by atoms with E-state index in [-0.39, 0.29) is 23.4 Å². The Morgan fingerprint density at radius 3 is 2.89 bits per heavy atom. The van der Waals surface area contributed by atoms with Crippen LogP contribution in [0.5, 0.6) is 0 Å². The summed E-state index contributed by atoms with van der Waals surface area (Å²) in [6, 6.07) is 0. The summed E-state index contributed by atoms with van der Waals surface area (Å²) in [5.74, 6) is 0.187. The number of fused-ring (bicyclic) bond motifs is 2. The van der Waals surface area contributed by atoms with Gasteiger partial charge in [0.2, 0.25) is 0 Å². The number of piperidine rings is 1. The van der Waals surface area contributed by atoms with Gasteiger partial charge in [0.25, 0.3) is 11.5 Å². The first-order chi connectivity index (χ1) is 13.0. The van der Waals surface area contributed by atoms with Gasteiger partial charge in [-0.05, 0) is 38.7 Å². The molecule has 4 rings (SSSR count). The molecule has 7 nitrogen and oxygen atoms in total. The molecule has 2 aromatic heterocycles. The zero-order chi connectivity index (χ0) is 19.1. The third kappa shape index (κ3) is 3.05. The van der Waals surface area contributed by atoms with E-state index >= 15 is 0 Å². The van der Waals surface area contributed by atoms with Gasteiger partial charge in [0.15, 0.2) is 0 Å². The van der Waals surface area contributed by atoms with Gasteiger partial charge in [0, 0.05) is 26.1 Å². The van der Waals surface area contributed by atoms with Crippen LogP contribution in [0.4, 0.5) is 0 Å². The number of esters is 1. The Balaban J connectivity index is 1.65. The summed E-state index contributed by atoms with van der Waals surface area (Å²) in [6.45, 7) is 5.64. The summed E-state index contributed by atoms with van der Waals surface area (Å²) >= 11 is 1.29. The molecule has 8 heteroatoms. The number of thiophene rings is 1. The molecule has 2 aromatic rings. The van der Waals surface area contributed by atoms with Crippen molar-refractivity contribution < 1.29 is 14.3 Å². The Kier molecular flexibility index (Phi) is 4.75. The minimum atomic E-state index is -0.273. The minimum Gasteiger partial charge on any atom is -0.466 e. The van der Waals surface area contributed by atoms with Crippen LogP contribution in [0.1, 0.15) is 47.2 Å². The lowest BCUT2D eigenvalue weighted by atomic mass is 9.98. The molecule has 1 amide bonds. The molecule has 2 aliphatic heterocycles. The Morgan fingerprint density at radius 2 is 2.11 bits per heavy atom. The highest BCUT2D eigenvalue weighted by molar-refractivity contribution is 7.20. The van der Waals surface area contributed by atoms with Crippen LogP contribution in [0.25, 0.3) is 10.2 Å². The first kappa shape index (κ1) is 18.2. The summed E-state index contributed by atoms with van der Waals surface area (Å²) in [6.07, 6.45) is 3.25. The number of likely N-dealkylation sites (tertiary alicyclic amines) is 1. The van der Waals surface area contributed by atoms with Crippen molar-refractivity contribution in [2.45, 2.75) is 46.1 Å². The van der Waals surface area contributed by atoms with Crippen molar-refractivity contribution in [3.8, 4) is 0 Å². The van der Waals surface area contributed by atoms with Gasteiger partial charge in [-0.2, -0.15) is 0 Å². The number of rotatable bonds is 3. The molecule has 1 saturated heterocycles. The quantitative estimate of drug-likeness (QED) is 0.751.